The molecule has 2 heterocycles. The van der Waals surface area contributed by atoms with Crippen LogP contribution in [0.15, 0.2) is 42.5 Å². The Hall–Kier alpha value is -3.61. The lowest BCUT2D eigenvalue weighted by Crippen LogP contribution is -2.33. The smallest absolute Gasteiger partial charge is 0.335 e. The molecule has 2 aromatic carbocycles. The van der Waals surface area contributed by atoms with Gasteiger partial charge in [-0.1, -0.05) is 6.92 Å². The van der Waals surface area contributed by atoms with Gasteiger partial charge < -0.3 is 20.7 Å². The number of amides is 2. The number of carboxylic acids is 1. The molecule has 0 aliphatic carbocycles. The number of aromatic amines is 1. The Balaban J connectivity index is 1.65. The van der Waals surface area contributed by atoms with Gasteiger partial charge >= 0.3 is 5.97 Å². The van der Waals surface area contributed by atoms with Crippen LogP contribution in [0.2, 0.25) is 0 Å². The van der Waals surface area contributed by atoms with Crippen LogP contribution >= 0.6 is 0 Å². The first-order valence-corrected chi connectivity index (χ1v) is 8.52. The van der Waals surface area contributed by atoms with Gasteiger partial charge in [-0.2, -0.15) is 0 Å². The number of hydrogen-bond donors (Lipinski definition) is 4. The zero-order chi connectivity index (χ0) is 19.1. The van der Waals surface area contributed by atoms with Gasteiger partial charge in [0.15, 0.2) is 0 Å². The maximum absolute atomic E-state index is 12.6. The normalized spacial score (nSPS) is 15.9. The predicted octanol–water partition coefficient (Wildman–Crippen LogP) is 2.97. The first kappa shape index (κ1) is 16.8. The number of rotatable bonds is 3. The van der Waals surface area contributed by atoms with Crippen molar-refractivity contribution in [2.75, 3.05) is 11.9 Å². The van der Waals surface area contributed by atoms with Crippen LogP contribution < -0.4 is 10.6 Å². The lowest BCUT2D eigenvalue weighted by molar-refractivity contribution is 0.0696. The summed E-state index contributed by atoms with van der Waals surface area (Å²) in [5, 5.41) is 15.4. The van der Waals surface area contributed by atoms with Crippen LogP contribution in [0, 0.1) is 0 Å². The van der Waals surface area contributed by atoms with Crippen molar-refractivity contribution in [3.8, 4) is 0 Å². The number of benzene rings is 2. The molecule has 0 fully saturated rings. The molecule has 4 rings (SSSR count). The monoisotopic (exact) mass is 363 g/mol. The Morgan fingerprint density at radius 1 is 1.11 bits per heavy atom. The molecule has 0 radical (unpaired) electrons. The summed E-state index contributed by atoms with van der Waals surface area (Å²) in [7, 11) is 0. The molecule has 1 aliphatic heterocycles. The van der Waals surface area contributed by atoms with Crippen LogP contribution in [0.3, 0.4) is 0 Å². The molecule has 4 N–H and O–H groups in total. The predicted molar refractivity (Wildman–Crippen MR) is 100 cm³/mol. The van der Waals surface area contributed by atoms with E-state index in [2.05, 4.69) is 15.6 Å². The van der Waals surface area contributed by atoms with E-state index in [-0.39, 0.29) is 23.3 Å². The third-order valence-corrected chi connectivity index (χ3v) is 4.78. The lowest BCUT2D eigenvalue weighted by Gasteiger charge is -2.19. The fraction of sp³-hybridized carbons (Fsp3) is 0.150. The van der Waals surface area contributed by atoms with E-state index < -0.39 is 5.97 Å². The van der Waals surface area contributed by atoms with Gasteiger partial charge in [-0.25, -0.2) is 4.79 Å². The third-order valence-electron chi connectivity index (χ3n) is 4.78. The molecule has 1 unspecified atom stereocenters. The zero-order valence-corrected chi connectivity index (χ0v) is 14.5. The molecule has 0 spiro atoms. The maximum Gasteiger partial charge on any atom is 0.335 e. The fourth-order valence-electron chi connectivity index (χ4n) is 3.38. The number of hydrogen-bond acceptors (Lipinski definition) is 3. The van der Waals surface area contributed by atoms with Gasteiger partial charge in [0.1, 0.15) is 5.69 Å². The van der Waals surface area contributed by atoms with Crippen molar-refractivity contribution in [1.29, 1.82) is 0 Å². The quantitative estimate of drug-likeness (QED) is 0.573. The molecule has 27 heavy (non-hydrogen) atoms. The molecule has 0 saturated carbocycles. The Bertz CT molecular complexity index is 1080. The van der Waals surface area contributed by atoms with Crippen molar-refractivity contribution in [2.24, 2.45) is 0 Å². The molecule has 1 aromatic heterocycles. The number of carboxylic acid groups (broad SMARTS) is 1. The van der Waals surface area contributed by atoms with E-state index >= 15 is 0 Å². The van der Waals surface area contributed by atoms with Crippen LogP contribution in [-0.4, -0.2) is 34.4 Å². The van der Waals surface area contributed by atoms with E-state index in [4.69, 9.17) is 5.11 Å². The second kappa shape index (κ2) is 6.28. The van der Waals surface area contributed by atoms with E-state index in [0.29, 0.717) is 23.5 Å². The van der Waals surface area contributed by atoms with Crippen LogP contribution in [0.4, 0.5) is 5.69 Å². The van der Waals surface area contributed by atoms with E-state index in [1.54, 1.807) is 30.3 Å². The fourth-order valence-corrected chi connectivity index (χ4v) is 3.38. The van der Waals surface area contributed by atoms with Crippen LogP contribution in [0.5, 0.6) is 0 Å². The number of aromatic carboxylic acids is 1. The largest absolute Gasteiger partial charge is 0.478 e. The number of anilines is 1. The summed E-state index contributed by atoms with van der Waals surface area (Å²) in [5.74, 6) is -1.31. The van der Waals surface area contributed by atoms with Crippen molar-refractivity contribution in [3.63, 3.8) is 0 Å². The van der Waals surface area contributed by atoms with Crippen molar-refractivity contribution >= 4 is 34.4 Å². The summed E-state index contributed by atoms with van der Waals surface area (Å²) in [4.78, 5) is 38.7. The molecule has 2 amide bonds. The molecular formula is C20H17N3O4. The van der Waals surface area contributed by atoms with Crippen molar-refractivity contribution in [1.82, 2.24) is 10.3 Å². The van der Waals surface area contributed by atoms with Gasteiger partial charge in [-0.3, -0.25) is 9.59 Å². The van der Waals surface area contributed by atoms with Gasteiger partial charge in [0.2, 0.25) is 0 Å². The van der Waals surface area contributed by atoms with Gasteiger partial charge in [0.05, 0.1) is 5.56 Å². The first-order chi connectivity index (χ1) is 12.9. The minimum absolute atomic E-state index is 0.135. The molecule has 1 atom stereocenters. The highest BCUT2D eigenvalue weighted by atomic mass is 16.4. The first-order valence-electron chi connectivity index (χ1n) is 8.52. The molecule has 7 nitrogen and oxygen atoms in total. The van der Waals surface area contributed by atoms with Crippen molar-refractivity contribution in [2.45, 2.75) is 12.8 Å². The summed E-state index contributed by atoms with van der Waals surface area (Å²) in [6.07, 6.45) is 0. The topological polar surface area (TPSA) is 111 Å². The van der Waals surface area contributed by atoms with E-state index in [1.807, 2.05) is 6.92 Å². The summed E-state index contributed by atoms with van der Waals surface area (Å²) in [6, 6.07) is 11.2. The highest BCUT2D eigenvalue weighted by molar-refractivity contribution is 6.08. The van der Waals surface area contributed by atoms with Crippen molar-refractivity contribution < 1.29 is 19.5 Å². The SMILES string of the molecule is CC1CNC(=O)c2[nH]c3ccc(C(=O)Nc4ccc(C(=O)O)cc4)cc3c21. The Labute approximate surface area is 154 Å². The average Bonchev–Trinajstić information content (AvgIpc) is 3.05. The van der Waals surface area contributed by atoms with Crippen LogP contribution in [-0.2, 0) is 0 Å². The van der Waals surface area contributed by atoms with E-state index in [9.17, 15) is 14.4 Å². The summed E-state index contributed by atoms with van der Waals surface area (Å²) < 4.78 is 0. The second-order valence-corrected chi connectivity index (χ2v) is 6.62. The maximum atomic E-state index is 12.6. The molecule has 7 heteroatoms. The number of carbonyl (C=O) groups is 3. The van der Waals surface area contributed by atoms with Gasteiger partial charge in [-0.05, 0) is 48.0 Å². The minimum atomic E-state index is -1.02. The van der Waals surface area contributed by atoms with Gasteiger partial charge in [0, 0.05) is 34.6 Å². The number of aromatic nitrogens is 1. The Morgan fingerprint density at radius 3 is 2.52 bits per heavy atom. The molecular weight excluding hydrogens is 346 g/mol. The summed E-state index contributed by atoms with van der Waals surface area (Å²) >= 11 is 0. The Morgan fingerprint density at radius 2 is 1.81 bits per heavy atom. The molecule has 3 aromatic rings. The standard InChI is InChI=1S/C20H17N3O4/c1-10-9-21-19(25)17-16(10)14-8-12(4-7-15(14)23-17)18(24)22-13-5-2-11(3-6-13)20(26)27/h2-8,10,23H,9H2,1H3,(H,21,25)(H,22,24)(H,26,27). The summed E-state index contributed by atoms with van der Waals surface area (Å²) in [6.45, 7) is 2.59. The summed E-state index contributed by atoms with van der Waals surface area (Å²) in [5.41, 5.74) is 3.41. The second-order valence-electron chi connectivity index (χ2n) is 6.62. The lowest BCUT2D eigenvalue weighted by atomic mass is 9.93. The minimum Gasteiger partial charge on any atom is -0.478 e. The van der Waals surface area contributed by atoms with Crippen LogP contribution in [0.1, 0.15) is 49.6 Å². The van der Waals surface area contributed by atoms with E-state index in [0.717, 1.165) is 16.5 Å². The van der Waals surface area contributed by atoms with Crippen LogP contribution in [0.25, 0.3) is 10.9 Å². The van der Waals surface area contributed by atoms with Crippen molar-refractivity contribution in [3.05, 3.63) is 64.8 Å². The highest BCUT2D eigenvalue weighted by Crippen LogP contribution is 2.32. The number of H-pyrrole nitrogens is 1. The van der Waals surface area contributed by atoms with Gasteiger partial charge in [-0.15, -0.1) is 0 Å². The number of nitrogens with one attached hydrogen (secondary N) is 3. The highest BCUT2D eigenvalue weighted by Gasteiger charge is 2.27. The third kappa shape index (κ3) is 2.93. The van der Waals surface area contributed by atoms with E-state index in [1.165, 1.54) is 12.1 Å². The average molecular weight is 363 g/mol. The van der Waals surface area contributed by atoms with Gasteiger partial charge in [0.25, 0.3) is 11.8 Å². The molecule has 0 saturated heterocycles. The molecule has 1 aliphatic rings. The number of carbonyl (C=O) groups excluding carboxylic acids is 2. The molecule has 0 bridgehead atoms. The Kier molecular flexibility index (Phi) is 3.92. The molecule has 136 valence electrons. The number of fused-ring (bicyclic) bond motifs is 3. The zero-order valence-electron chi connectivity index (χ0n) is 14.5.